The largest absolute Gasteiger partial charge is 0.385 e. The Balaban J connectivity index is 1.93. The van der Waals surface area contributed by atoms with Crippen LogP contribution in [0, 0.1) is 5.92 Å². The highest BCUT2D eigenvalue weighted by atomic mass is 32.2. The van der Waals surface area contributed by atoms with Crippen LogP contribution in [0.2, 0.25) is 0 Å². The van der Waals surface area contributed by atoms with E-state index in [4.69, 9.17) is 0 Å². The molecule has 1 atom stereocenters. The van der Waals surface area contributed by atoms with E-state index in [1.165, 1.54) is 6.42 Å². The van der Waals surface area contributed by atoms with Gasteiger partial charge >= 0.3 is 0 Å². The summed E-state index contributed by atoms with van der Waals surface area (Å²) in [5.41, 5.74) is 0.966. The smallest absolute Gasteiger partial charge is 0.240 e. The predicted octanol–water partition coefficient (Wildman–Crippen LogP) is 1.74. The van der Waals surface area contributed by atoms with Gasteiger partial charge in [0.1, 0.15) is 0 Å². The summed E-state index contributed by atoms with van der Waals surface area (Å²) in [6.07, 6.45) is 1.22. The summed E-state index contributed by atoms with van der Waals surface area (Å²) in [6, 6.07) is 6.84. The monoisotopic (exact) mass is 311 g/mol. The lowest BCUT2D eigenvalue weighted by atomic mass is 10.1. The van der Waals surface area contributed by atoms with E-state index in [1.54, 1.807) is 12.1 Å². The highest BCUT2D eigenvalue weighted by molar-refractivity contribution is 7.89. The summed E-state index contributed by atoms with van der Waals surface area (Å²) in [5, 5.41) is 3.38. The number of nitrogens with zero attached hydrogens (tertiary/aromatic N) is 1. The molecule has 1 heterocycles. The van der Waals surface area contributed by atoms with E-state index < -0.39 is 10.0 Å². The number of benzene rings is 1. The van der Waals surface area contributed by atoms with E-state index in [9.17, 15) is 8.42 Å². The topological polar surface area (TPSA) is 61.4 Å². The van der Waals surface area contributed by atoms with Crippen molar-refractivity contribution in [2.24, 2.45) is 5.92 Å². The number of likely N-dealkylation sites (tertiary alicyclic amines) is 1. The Bertz CT molecular complexity index is 555. The van der Waals surface area contributed by atoms with Crippen molar-refractivity contribution < 1.29 is 8.42 Å². The Morgan fingerprint density at radius 1 is 1.29 bits per heavy atom. The van der Waals surface area contributed by atoms with Gasteiger partial charge < -0.3 is 10.2 Å². The van der Waals surface area contributed by atoms with Crippen LogP contribution in [-0.4, -0.2) is 46.0 Å². The summed E-state index contributed by atoms with van der Waals surface area (Å²) in [6.45, 7) is 6.83. The molecule has 2 rings (SSSR count). The lowest BCUT2D eigenvalue weighted by Gasteiger charge is -2.13. The van der Waals surface area contributed by atoms with Crippen LogP contribution < -0.4 is 10.0 Å². The van der Waals surface area contributed by atoms with E-state index >= 15 is 0 Å². The second-order valence-electron chi connectivity index (χ2n) is 6.10. The molecule has 2 N–H and O–H groups in total. The second-order valence-corrected chi connectivity index (χ2v) is 7.81. The molecule has 1 aromatic rings. The van der Waals surface area contributed by atoms with Crippen molar-refractivity contribution in [3.05, 3.63) is 24.3 Å². The van der Waals surface area contributed by atoms with Gasteiger partial charge in [-0.1, -0.05) is 0 Å². The van der Waals surface area contributed by atoms with Gasteiger partial charge in [-0.2, -0.15) is 0 Å². The van der Waals surface area contributed by atoms with Gasteiger partial charge in [-0.05, 0) is 64.0 Å². The Morgan fingerprint density at radius 2 is 1.95 bits per heavy atom. The van der Waals surface area contributed by atoms with Crippen molar-refractivity contribution in [2.45, 2.75) is 31.2 Å². The fraction of sp³-hybridized carbons (Fsp3) is 0.600. The second kappa shape index (κ2) is 6.77. The minimum atomic E-state index is -3.40. The first-order valence-electron chi connectivity index (χ1n) is 7.41. The van der Waals surface area contributed by atoms with Crippen molar-refractivity contribution in [3.8, 4) is 0 Å². The van der Waals surface area contributed by atoms with Crippen molar-refractivity contribution >= 4 is 15.7 Å². The van der Waals surface area contributed by atoms with E-state index in [1.807, 2.05) is 26.0 Å². The number of sulfonamides is 1. The van der Waals surface area contributed by atoms with Gasteiger partial charge in [-0.25, -0.2) is 13.1 Å². The van der Waals surface area contributed by atoms with Gasteiger partial charge in [0.2, 0.25) is 10.0 Å². The molecule has 1 unspecified atom stereocenters. The van der Waals surface area contributed by atoms with Gasteiger partial charge in [0, 0.05) is 24.8 Å². The minimum absolute atomic E-state index is 0.104. The average molecular weight is 311 g/mol. The van der Waals surface area contributed by atoms with Crippen LogP contribution in [0.1, 0.15) is 20.3 Å². The van der Waals surface area contributed by atoms with Gasteiger partial charge in [0.15, 0.2) is 0 Å². The highest BCUT2D eigenvalue weighted by Gasteiger charge is 2.19. The molecule has 0 spiro atoms. The van der Waals surface area contributed by atoms with Gasteiger partial charge in [-0.15, -0.1) is 0 Å². The molecule has 1 aliphatic heterocycles. The summed E-state index contributed by atoms with van der Waals surface area (Å²) in [7, 11) is -1.26. The predicted molar refractivity (Wildman–Crippen MR) is 86.0 cm³/mol. The van der Waals surface area contributed by atoms with Crippen LogP contribution in [0.5, 0.6) is 0 Å². The van der Waals surface area contributed by atoms with Crippen LogP contribution >= 0.6 is 0 Å². The maximum Gasteiger partial charge on any atom is 0.240 e. The van der Waals surface area contributed by atoms with Crippen LogP contribution in [0.15, 0.2) is 29.2 Å². The van der Waals surface area contributed by atoms with Crippen molar-refractivity contribution in [1.29, 1.82) is 0 Å². The maximum absolute atomic E-state index is 12.0. The molecule has 1 aromatic carbocycles. The Morgan fingerprint density at radius 3 is 2.48 bits per heavy atom. The molecule has 0 saturated carbocycles. The third-order valence-corrected chi connectivity index (χ3v) is 5.31. The van der Waals surface area contributed by atoms with Gasteiger partial charge in [0.25, 0.3) is 0 Å². The highest BCUT2D eigenvalue weighted by Crippen LogP contribution is 2.18. The molecule has 0 bridgehead atoms. The lowest BCUT2D eigenvalue weighted by molar-refractivity contribution is 0.399. The summed E-state index contributed by atoms with van der Waals surface area (Å²) in [5.74, 6) is 0.668. The number of hydrogen-bond donors (Lipinski definition) is 2. The molecule has 0 amide bonds. The number of nitrogens with one attached hydrogen (secondary N) is 2. The van der Waals surface area contributed by atoms with E-state index in [0.717, 1.165) is 25.3 Å². The Hall–Kier alpha value is -1.11. The molecular weight excluding hydrogens is 286 g/mol. The zero-order valence-electron chi connectivity index (χ0n) is 13.0. The first-order chi connectivity index (χ1) is 9.87. The van der Waals surface area contributed by atoms with Crippen molar-refractivity contribution in [2.75, 3.05) is 32.0 Å². The minimum Gasteiger partial charge on any atom is -0.385 e. The molecule has 118 valence electrons. The molecule has 0 radical (unpaired) electrons. The van der Waals surface area contributed by atoms with E-state index in [0.29, 0.717) is 10.8 Å². The van der Waals surface area contributed by atoms with Gasteiger partial charge in [-0.3, -0.25) is 0 Å². The maximum atomic E-state index is 12.0. The molecule has 5 nitrogen and oxygen atoms in total. The normalized spacial score (nSPS) is 20.1. The Labute approximate surface area is 127 Å². The molecule has 0 aliphatic carbocycles. The van der Waals surface area contributed by atoms with Crippen LogP contribution in [0.3, 0.4) is 0 Å². The number of hydrogen-bond acceptors (Lipinski definition) is 4. The van der Waals surface area contributed by atoms with Crippen LogP contribution in [0.4, 0.5) is 5.69 Å². The molecule has 1 aliphatic rings. The molecule has 21 heavy (non-hydrogen) atoms. The van der Waals surface area contributed by atoms with Crippen molar-refractivity contribution in [1.82, 2.24) is 9.62 Å². The molecule has 1 saturated heterocycles. The summed E-state index contributed by atoms with van der Waals surface area (Å²) >= 11 is 0. The molecule has 1 fully saturated rings. The first-order valence-corrected chi connectivity index (χ1v) is 8.90. The summed E-state index contributed by atoms with van der Waals surface area (Å²) in [4.78, 5) is 2.64. The van der Waals surface area contributed by atoms with Crippen LogP contribution in [0.25, 0.3) is 0 Å². The zero-order chi connectivity index (χ0) is 15.5. The molecule has 0 aromatic heterocycles. The quantitative estimate of drug-likeness (QED) is 0.840. The summed E-state index contributed by atoms with van der Waals surface area (Å²) < 4.78 is 26.6. The van der Waals surface area contributed by atoms with Crippen LogP contribution in [-0.2, 0) is 10.0 Å². The van der Waals surface area contributed by atoms with E-state index in [-0.39, 0.29) is 6.04 Å². The first kappa shape index (κ1) is 16.3. The lowest BCUT2D eigenvalue weighted by Crippen LogP contribution is -2.30. The number of anilines is 1. The third-order valence-electron chi connectivity index (χ3n) is 3.64. The van der Waals surface area contributed by atoms with Gasteiger partial charge in [0.05, 0.1) is 4.90 Å². The molecule has 6 heteroatoms. The Kier molecular flexibility index (Phi) is 5.24. The fourth-order valence-corrected chi connectivity index (χ4v) is 3.84. The fourth-order valence-electron chi connectivity index (χ4n) is 2.59. The van der Waals surface area contributed by atoms with E-state index in [2.05, 4.69) is 22.0 Å². The zero-order valence-corrected chi connectivity index (χ0v) is 13.8. The third kappa shape index (κ3) is 4.69. The molecular formula is C15H25N3O2S. The SMILES string of the molecule is CC(C)NS(=O)(=O)c1ccc(NCC2CCN(C)C2)cc1. The van der Waals surface area contributed by atoms with Crippen molar-refractivity contribution in [3.63, 3.8) is 0 Å². The standard InChI is InChI=1S/C15H25N3O2S/c1-12(2)17-21(19,20)15-6-4-14(5-7-15)16-10-13-8-9-18(3)11-13/h4-7,12-13,16-17H,8-11H2,1-3H3. The average Bonchev–Trinajstić information content (AvgIpc) is 2.81. The number of rotatable bonds is 6.